The standard InChI is InChI=1S/C31H40ClN5O2/c1-30(2)28(31(3,4)29(30)39-25-10-7-22(20-33)26(32)19-25)35-27(38)21-5-8-23(9-6-21)36-15-17-37(18-16-36)24-11-13-34-14-12-24/h5-10,19,24,28-29,34H,11-18H2,1-4H3,(H,35,38)/t28-,29-. The van der Waals surface area contributed by atoms with Gasteiger partial charge in [-0.1, -0.05) is 39.3 Å². The molecular formula is C31H40ClN5O2. The fourth-order valence-corrected chi connectivity index (χ4v) is 7.36. The number of anilines is 1. The van der Waals surface area contributed by atoms with Gasteiger partial charge >= 0.3 is 0 Å². The first-order valence-corrected chi connectivity index (χ1v) is 14.5. The lowest BCUT2D eigenvalue weighted by atomic mass is 9.49. The summed E-state index contributed by atoms with van der Waals surface area (Å²) in [4.78, 5) is 18.4. The molecule has 0 radical (unpaired) electrons. The van der Waals surface area contributed by atoms with Crippen molar-refractivity contribution in [3.05, 3.63) is 58.6 Å². The summed E-state index contributed by atoms with van der Waals surface area (Å²) >= 11 is 6.21. The normalized spacial score (nSPS) is 24.9. The van der Waals surface area contributed by atoms with Gasteiger partial charge in [-0.25, -0.2) is 0 Å². The van der Waals surface area contributed by atoms with E-state index in [-0.39, 0.29) is 28.9 Å². The van der Waals surface area contributed by atoms with E-state index in [2.05, 4.69) is 66.3 Å². The Bertz CT molecular complexity index is 1210. The zero-order chi connectivity index (χ0) is 27.8. The van der Waals surface area contributed by atoms with Gasteiger partial charge in [-0.05, 0) is 62.3 Å². The van der Waals surface area contributed by atoms with Crippen LogP contribution in [-0.2, 0) is 0 Å². The highest BCUT2D eigenvalue weighted by Crippen LogP contribution is 2.55. The van der Waals surface area contributed by atoms with Crippen molar-refractivity contribution in [3.63, 3.8) is 0 Å². The van der Waals surface area contributed by atoms with Crippen LogP contribution in [0.2, 0.25) is 5.02 Å². The lowest BCUT2D eigenvalue weighted by molar-refractivity contribution is -0.164. The summed E-state index contributed by atoms with van der Waals surface area (Å²) in [5, 5.41) is 16.3. The maximum absolute atomic E-state index is 13.3. The summed E-state index contributed by atoms with van der Waals surface area (Å²) in [5.41, 5.74) is 1.67. The van der Waals surface area contributed by atoms with E-state index in [4.69, 9.17) is 21.6 Å². The summed E-state index contributed by atoms with van der Waals surface area (Å²) in [6, 6.07) is 15.9. The first-order valence-electron chi connectivity index (χ1n) is 14.1. The van der Waals surface area contributed by atoms with Crippen molar-refractivity contribution >= 4 is 23.2 Å². The quantitative estimate of drug-likeness (QED) is 0.544. The lowest BCUT2D eigenvalue weighted by Crippen LogP contribution is -2.74. The van der Waals surface area contributed by atoms with Crippen molar-refractivity contribution in [2.75, 3.05) is 44.2 Å². The van der Waals surface area contributed by atoms with Gasteiger partial charge in [0, 0.05) is 66.4 Å². The van der Waals surface area contributed by atoms with Gasteiger partial charge in [-0.3, -0.25) is 9.69 Å². The summed E-state index contributed by atoms with van der Waals surface area (Å²) in [7, 11) is 0. The second kappa shape index (κ2) is 11.0. The van der Waals surface area contributed by atoms with Crippen molar-refractivity contribution in [2.45, 2.75) is 58.7 Å². The van der Waals surface area contributed by atoms with E-state index in [9.17, 15) is 4.79 Å². The molecule has 0 bridgehead atoms. The predicted octanol–water partition coefficient (Wildman–Crippen LogP) is 4.70. The fraction of sp³-hybridized carbons (Fsp3) is 0.548. The number of carbonyl (C=O) groups is 1. The van der Waals surface area contributed by atoms with Gasteiger partial charge in [0.15, 0.2) is 0 Å². The molecule has 3 aliphatic rings. The Morgan fingerprint density at radius 3 is 2.26 bits per heavy atom. The molecule has 2 aliphatic heterocycles. The number of halogens is 1. The third kappa shape index (κ3) is 5.48. The number of carbonyl (C=O) groups excluding carboxylic acids is 1. The average molecular weight is 550 g/mol. The van der Waals surface area contributed by atoms with Gasteiger partial charge in [0.25, 0.3) is 5.91 Å². The summed E-state index contributed by atoms with van der Waals surface area (Å²) in [6.07, 6.45) is 2.36. The number of ether oxygens (including phenoxy) is 1. The second-order valence-corrected chi connectivity index (χ2v) is 12.8. The molecule has 2 aromatic carbocycles. The Morgan fingerprint density at radius 1 is 1.03 bits per heavy atom. The Morgan fingerprint density at radius 2 is 1.67 bits per heavy atom. The number of rotatable bonds is 6. The first-order chi connectivity index (χ1) is 18.6. The number of hydrogen-bond donors (Lipinski definition) is 2. The third-order valence-electron chi connectivity index (χ3n) is 9.06. The number of nitrogens with zero attached hydrogens (tertiary/aromatic N) is 3. The molecule has 8 heteroatoms. The molecule has 0 spiro atoms. The molecule has 208 valence electrons. The van der Waals surface area contributed by atoms with Gasteiger partial charge in [0.2, 0.25) is 0 Å². The van der Waals surface area contributed by atoms with Crippen molar-refractivity contribution in [1.29, 1.82) is 5.26 Å². The molecule has 39 heavy (non-hydrogen) atoms. The SMILES string of the molecule is CC1(C)[C@H](NC(=O)c2ccc(N3CCN(C4CCNCC4)CC3)cc2)C(C)(C)[C@H]1Oc1ccc(C#N)c(Cl)c1. The van der Waals surface area contributed by atoms with Gasteiger partial charge in [0.05, 0.1) is 10.6 Å². The monoisotopic (exact) mass is 549 g/mol. The predicted molar refractivity (Wildman–Crippen MR) is 156 cm³/mol. The van der Waals surface area contributed by atoms with E-state index in [1.54, 1.807) is 18.2 Å². The van der Waals surface area contributed by atoms with Crippen molar-refractivity contribution in [3.8, 4) is 11.8 Å². The number of nitrogens with one attached hydrogen (secondary N) is 2. The van der Waals surface area contributed by atoms with Gasteiger partial charge in [-0.2, -0.15) is 5.26 Å². The van der Waals surface area contributed by atoms with Crippen LogP contribution >= 0.6 is 11.6 Å². The van der Waals surface area contributed by atoms with Crippen LogP contribution in [0.15, 0.2) is 42.5 Å². The molecule has 1 amide bonds. The summed E-state index contributed by atoms with van der Waals surface area (Å²) in [6.45, 7) is 15.0. The topological polar surface area (TPSA) is 80.6 Å². The Labute approximate surface area is 237 Å². The molecule has 1 aliphatic carbocycles. The van der Waals surface area contributed by atoms with Gasteiger partial charge in [-0.15, -0.1) is 0 Å². The third-order valence-corrected chi connectivity index (χ3v) is 9.38. The number of piperidine rings is 1. The average Bonchev–Trinajstić information content (AvgIpc) is 2.95. The summed E-state index contributed by atoms with van der Waals surface area (Å²) in [5.74, 6) is 0.561. The highest BCUT2D eigenvalue weighted by atomic mass is 35.5. The van der Waals surface area contributed by atoms with Gasteiger partial charge in [0.1, 0.15) is 17.9 Å². The number of hydrogen-bond acceptors (Lipinski definition) is 6. The number of nitriles is 1. The number of amides is 1. The number of benzene rings is 2. The Balaban J connectivity index is 1.18. The van der Waals surface area contributed by atoms with E-state index >= 15 is 0 Å². The highest BCUT2D eigenvalue weighted by molar-refractivity contribution is 6.31. The number of piperazine rings is 1. The molecule has 0 unspecified atom stereocenters. The van der Waals surface area contributed by atoms with E-state index in [0.29, 0.717) is 27.9 Å². The van der Waals surface area contributed by atoms with Crippen molar-refractivity contribution < 1.29 is 9.53 Å². The van der Waals surface area contributed by atoms with Crippen LogP contribution < -0.4 is 20.3 Å². The van der Waals surface area contributed by atoms with Crippen LogP contribution in [0.1, 0.15) is 56.5 Å². The minimum absolute atomic E-state index is 0.0664. The second-order valence-electron chi connectivity index (χ2n) is 12.4. The van der Waals surface area contributed by atoms with E-state index in [1.807, 2.05) is 12.1 Å². The molecule has 2 N–H and O–H groups in total. The zero-order valence-electron chi connectivity index (χ0n) is 23.5. The van der Waals surface area contributed by atoms with Crippen LogP contribution in [0.25, 0.3) is 0 Å². The Kier molecular flexibility index (Phi) is 7.83. The minimum atomic E-state index is -0.298. The molecule has 5 rings (SSSR count). The lowest BCUT2D eigenvalue weighted by Gasteiger charge is -2.63. The first kappa shape index (κ1) is 27.8. The summed E-state index contributed by atoms with van der Waals surface area (Å²) < 4.78 is 6.35. The van der Waals surface area contributed by atoms with E-state index in [0.717, 1.165) is 39.3 Å². The van der Waals surface area contributed by atoms with Crippen LogP contribution in [0.3, 0.4) is 0 Å². The fourth-order valence-electron chi connectivity index (χ4n) is 7.15. The molecule has 3 fully saturated rings. The molecule has 2 heterocycles. The molecule has 1 saturated carbocycles. The molecular weight excluding hydrogens is 510 g/mol. The highest BCUT2D eigenvalue weighted by Gasteiger charge is 2.64. The molecule has 2 aromatic rings. The van der Waals surface area contributed by atoms with E-state index in [1.165, 1.54) is 18.5 Å². The van der Waals surface area contributed by atoms with Crippen LogP contribution in [0, 0.1) is 22.2 Å². The maximum atomic E-state index is 13.3. The molecule has 0 aromatic heterocycles. The van der Waals surface area contributed by atoms with Crippen LogP contribution in [0.4, 0.5) is 5.69 Å². The molecule has 0 atom stereocenters. The molecule has 2 saturated heterocycles. The van der Waals surface area contributed by atoms with Crippen molar-refractivity contribution in [2.24, 2.45) is 10.8 Å². The van der Waals surface area contributed by atoms with Gasteiger partial charge < -0.3 is 20.3 Å². The molecule has 7 nitrogen and oxygen atoms in total. The Hall–Kier alpha value is -2.79. The largest absolute Gasteiger partial charge is 0.489 e. The van der Waals surface area contributed by atoms with Crippen LogP contribution in [0.5, 0.6) is 5.75 Å². The van der Waals surface area contributed by atoms with Crippen LogP contribution in [-0.4, -0.2) is 68.3 Å². The zero-order valence-corrected chi connectivity index (χ0v) is 24.2. The van der Waals surface area contributed by atoms with E-state index < -0.39 is 0 Å². The maximum Gasteiger partial charge on any atom is 0.251 e. The minimum Gasteiger partial charge on any atom is -0.489 e. The van der Waals surface area contributed by atoms with Crippen molar-refractivity contribution in [1.82, 2.24) is 15.5 Å². The smallest absolute Gasteiger partial charge is 0.251 e.